The van der Waals surface area contributed by atoms with Gasteiger partial charge in [-0.05, 0) is 25.2 Å². The standard InChI is InChI=1S/C9H16O/c1-3-8-6-7(2)4-5-9(8)10/h7-8H,3-6H2,1-2H3/t7-,8-/m1/s1. The van der Waals surface area contributed by atoms with Gasteiger partial charge < -0.3 is 0 Å². The van der Waals surface area contributed by atoms with Gasteiger partial charge in [-0.15, -0.1) is 0 Å². The lowest BCUT2D eigenvalue weighted by atomic mass is 9.80. The van der Waals surface area contributed by atoms with Crippen LogP contribution in [0.3, 0.4) is 0 Å². The fourth-order valence-corrected chi connectivity index (χ4v) is 1.72. The van der Waals surface area contributed by atoms with Crippen molar-refractivity contribution in [2.45, 2.75) is 39.5 Å². The van der Waals surface area contributed by atoms with Crippen molar-refractivity contribution in [3.63, 3.8) is 0 Å². The molecule has 0 aromatic heterocycles. The van der Waals surface area contributed by atoms with E-state index < -0.39 is 0 Å². The summed E-state index contributed by atoms with van der Waals surface area (Å²) in [6, 6.07) is 0. The van der Waals surface area contributed by atoms with Crippen LogP contribution < -0.4 is 0 Å². The molecule has 1 nitrogen and oxygen atoms in total. The third-order valence-corrected chi connectivity index (χ3v) is 2.52. The normalized spacial score (nSPS) is 34.4. The van der Waals surface area contributed by atoms with E-state index in [2.05, 4.69) is 13.8 Å². The van der Waals surface area contributed by atoms with Gasteiger partial charge in [-0.25, -0.2) is 0 Å². The topological polar surface area (TPSA) is 17.1 Å². The van der Waals surface area contributed by atoms with Gasteiger partial charge >= 0.3 is 0 Å². The van der Waals surface area contributed by atoms with Crippen molar-refractivity contribution in [2.75, 3.05) is 0 Å². The molecule has 1 rings (SSSR count). The maximum Gasteiger partial charge on any atom is 0.135 e. The Balaban J connectivity index is 2.45. The lowest BCUT2D eigenvalue weighted by Gasteiger charge is -2.24. The highest BCUT2D eigenvalue weighted by Crippen LogP contribution is 2.27. The van der Waals surface area contributed by atoms with E-state index in [4.69, 9.17) is 0 Å². The zero-order chi connectivity index (χ0) is 7.56. The smallest absolute Gasteiger partial charge is 0.135 e. The Morgan fingerprint density at radius 1 is 1.60 bits per heavy atom. The summed E-state index contributed by atoms with van der Waals surface area (Å²) < 4.78 is 0. The molecule has 2 atom stereocenters. The summed E-state index contributed by atoms with van der Waals surface area (Å²) in [4.78, 5) is 11.2. The van der Waals surface area contributed by atoms with Gasteiger partial charge in [0.15, 0.2) is 0 Å². The molecule has 1 heteroatoms. The Hall–Kier alpha value is -0.330. The van der Waals surface area contributed by atoms with Crippen LogP contribution in [0.15, 0.2) is 0 Å². The molecule has 10 heavy (non-hydrogen) atoms. The molecule has 0 saturated heterocycles. The quantitative estimate of drug-likeness (QED) is 0.546. The van der Waals surface area contributed by atoms with Gasteiger partial charge in [0, 0.05) is 12.3 Å². The van der Waals surface area contributed by atoms with Crippen LogP contribution in [0.5, 0.6) is 0 Å². The maximum atomic E-state index is 11.2. The molecule has 0 aromatic carbocycles. The second kappa shape index (κ2) is 3.18. The first-order valence-corrected chi connectivity index (χ1v) is 4.26. The molecule has 0 spiro atoms. The summed E-state index contributed by atoms with van der Waals surface area (Å²) >= 11 is 0. The van der Waals surface area contributed by atoms with Crippen molar-refractivity contribution in [2.24, 2.45) is 11.8 Å². The summed E-state index contributed by atoms with van der Waals surface area (Å²) in [6.07, 6.45) is 4.13. The van der Waals surface area contributed by atoms with Crippen LogP contribution in [-0.4, -0.2) is 5.78 Å². The second-order valence-electron chi connectivity index (χ2n) is 3.45. The minimum absolute atomic E-state index is 0.392. The molecule has 0 aliphatic heterocycles. The van der Waals surface area contributed by atoms with Gasteiger partial charge in [-0.2, -0.15) is 0 Å². The van der Waals surface area contributed by atoms with Crippen LogP contribution in [0.2, 0.25) is 0 Å². The van der Waals surface area contributed by atoms with Crippen molar-refractivity contribution in [3.8, 4) is 0 Å². The van der Waals surface area contributed by atoms with E-state index in [0.29, 0.717) is 11.7 Å². The molecule has 0 unspecified atom stereocenters. The minimum Gasteiger partial charge on any atom is -0.299 e. The molecule has 0 heterocycles. The summed E-state index contributed by atoms with van der Waals surface area (Å²) in [5, 5.41) is 0. The van der Waals surface area contributed by atoms with Gasteiger partial charge in [-0.1, -0.05) is 13.8 Å². The number of Topliss-reactive ketones (excluding diaryl/α,β-unsaturated/α-hetero) is 1. The molecule has 0 bridgehead atoms. The SMILES string of the molecule is CC[C@@H]1C[C@H](C)CCC1=O. The molecule has 1 aliphatic carbocycles. The van der Waals surface area contributed by atoms with E-state index in [1.54, 1.807) is 0 Å². The molecule has 0 N–H and O–H groups in total. The fraction of sp³-hybridized carbons (Fsp3) is 0.889. The van der Waals surface area contributed by atoms with Gasteiger partial charge in [0.25, 0.3) is 0 Å². The molecule has 0 radical (unpaired) electrons. The number of ketones is 1. The lowest BCUT2D eigenvalue weighted by molar-refractivity contribution is -0.125. The van der Waals surface area contributed by atoms with E-state index in [1.165, 1.54) is 0 Å². The molecule has 0 aromatic rings. The van der Waals surface area contributed by atoms with Gasteiger partial charge in [0.05, 0.1) is 0 Å². The van der Waals surface area contributed by atoms with E-state index in [-0.39, 0.29) is 0 Å². The Labute approximate surface area is 62.8 Å². The van der Waals surface area contributed by atoms with Crippen molar-refractivity contribution in [1.29, 1.82) is 0 Å². The third-order valence-electron chi connectivity index (χ3n) is 2.52. The van der Waals surface area contributed by atoms with Crippen molar-refractivity contribution < 1.29 is 4.79 Å². The van der Waals surface area contributed by atoms with Crippen LogP contribution >= 0.6 is 0 Å². The fourth-order valence-electron chi connectivity index (χ4n) is 1.72. The Bertz CT molecular complexity index is 129. The monoisotopic (exact) mass is 140 g/mol. The van der Waals surface area contributed by atoms with E-state index in [9.17, 15) is 4.79 Å². The van der Waals surface area contributed by atoms with E-state index in [1.807, 2.05) is 0 Å². The highest BCUT2D eigenvalue weighted by molar-refractivity contribution is 5.81. The minimum atomic E-state index is 0.392. The maximum absolute atomic E-state index is 11.2. The Morgan fingerprint density at radius 3 is 2.80 bits per heavy atom. The Morgan fingerprint density at radius 2 is 2.30 bits per heavy atom. The number of hydrogen-bond acceptors (Lipinski definition) is 1. The summed E-state index contributed by atoms with van der Waals surface area (Å²) in [5.41, 5.74) is 0. The first-order chi connectivity index (χ1) is 4.74. The average molecular weight is 140 g/mol. The second-order valence-corrected chi connectivity index (χ2v) is 3.45. The van der Waals surface area contributed by atoms with E-state index in [0.717, 1.165) is 31.6 Å². The number of carbonyl (C=O) groups is 1. The first kappa shape index (κ1) is 7.77. The molecule has 1 aliphatic rings. The number of hydrogen-bond donors (Lipinski definition) is 0. The van der Waals surface area contributed by atoms with Gasteiger partial charge in [0.1, 0.15) is 5.78 Å². The van der Waals surface area contributed by atoms with Crippen LogP contribution in [0.4, 0.5) is 0 Å². The van der Waals surface area contributed by atoms with Gasteiger partial charge in [0.2, 0.25) is 0 Å². The highest BCUT2D eigenvalue weighted by atomic mass is 16.1. The molecule has 0 amide bonds. The van der Waals surface area contributed by atoms with Crippen LogP contribution in [0, 0.1) is 11.8 Å². The Kier molecular flexibility index (Phi) is 2.47. The summed E-state index contributed by atoms with van der Waals surface area (Å²) in [6.45, 7) is 4.36. The summed E-state index contributed by atoms with van der Waals surface area (Å²) in [5.74, 6) is 1.67. The third kappa shape index (κ3) is 1.59. The zero-order valence-electron chi connectivity index (χ0n) is 6.89. The van der Waals surface area contributed by atoms with E-state index >= 15 is 0 Å². The number of rotatable bonds is 1. The predicted molar refractivity (Wildman–Crippen MR) is 41.8 cm³/mol. The zero-order valence-corrected chi connectivity index (χ0v) is 6.89. The first-order valence-electron chi connectivity index (χ1n) is 4.26. The largest absolute Gasteiger partial charge is 0.299 e. The molecule has 1 saturated carbocycles. The van der Waals surface area contributed by atoms with Crippen molar-refractivity contribution in [1.82, 2.24) is 0 Å². The predicted octanol–water partition coefficient (Wildman–Crippen LogP) is 2.40. The van der Waals surface area contributed by atoms with Crippen molar-refractivity contribution >= 4 is 5.78 Å². The lowest BCUT2D eigenvalue weighted by Crippen LogP contribution is -2.22. The summed E-state index contributed by atoms with van der Waals surface area (Å²) in [7, 11) is 0. The van der Waals surface area contributed by atoms with Crippen LogP contribution in [0.25, 0.3) is 0 Å². The van der Waals surface area contributed by atoms with Gasteiger partial charge in [-0.3, -0.25) is 4.79 Å². The molecule has 1 fully saturated rings. The highest BCUT2D eigenvalue weighted by Gasteiger charge is 2.24. The number of carbonyl (C=O) groups excluding carboxylic acids is 1. The van der Waals surface area contributed by atoms with Crippen molar-refractivity contribution in [3.05, 3.63) is 0 Å². The van der Waals surface area contributed by atoms with Crippen LogP contribution in [0.1, 0.15) is 39.5 Å². The molecular weight excluding hydrogens is 124 g/mol. The molecular formula is C9H16O. The average Bonchev–Trinajstić information content (AvgIpc) is 1.94. The van der Waals surface area contributed by atoms with Crippen LogP contribution in [-0.2, 0) is 4.79 Å². The molecule has 58 valence electrons.